The lowest BCUT2D eigenvalue weighted by Gasteiger charge is -2.21. The zero-order chi connectivity index (χ0) is 19.2. The minimum Gasteiger partial charge on any atom is -0.480 e. The quantitative estimate of drug-likeness (QED) is 0.789. The summed E-state index contributed by atoms with van der Waals surface area (Å²) < 4.78 is 37.8. The Kier molecular flexibility index (Phi) is 6.98. The first-order chi connectivity index (χ1) is 12.2. The molecule has 1 heterocycles. The number of nitrogens with zero attached hydrogens (tertiary/aromatic N) is 2. The van der Waals surface area contributed by atoms with E-state index in [1.807, 2.05) is 4.90 Å². The minimum atomic E-state index is -4.33. The third-order valence-corrected chi connectivity index (χ3v) is 4.17. The van der Waals surface area contributed by atoms with Crippen LogP contribution < -0.4 is 5.32 Å². The molecule has 0 bridgehead atoms. The molecule has 0 spiro atoms. The molecule has 6 nitrogen and oxygen atoms in total. The molecule has 1 aromatic carbocycles. The molecule has 0 aromatic heterocycles. The van der Waals surface area contributed by atoms with Crippen molar-refractivity contribution < 1.29 is 27.9 Å². The number of carbonyl (C=O) groups excluding carboxylic acids is 1. The zero-order valence-corrected chi connectivity index (χ0v) is 14.3. The van der Waals surface area contributed by atoms with E-state index < -0.39 is 24.3 Å². The third kappa shape index (κ3) is 6.64. The highest BCUT2D eigenvalue weighted by Crippen LogP contribution is 2.29. The molecular formula is C17H22F3N3O3. The van der Waals surface area contributed by atoms with Crippen molar-refractivity contribution in [3.05, 3.63) is 35.4 Å². The van der Waals surface area contributed by atoms with E-state index in [2.05, 4.69) is 10.2 Å². The Morgan fingerprint density at radius 3 is 2.27 bits per heavy atom. The summed E-state index contributed by atoms with van der Waals surface area (Å²) >= 11 is 0. The summed E-state index contributed by atoms with van der Waals surface area (Å²) in [5.41, 5.74) is 0.154. The average Bonchev–Trinajstić information content (AvgIpc) is 2.78. The third-order valence-electron chi connectivity index (χ3n) is 4.17. The SMILES string of the molecule is O=C(O)CNC(=O)CN1CCCN(Cc2ccc(C(F)(F)F)cc2)CC1. The van der Waals surface area contributed by atoms with Crippen LogP contribution in [0.15, 0.2) is 24.3 Å². The molecular weight excluding hydrogens is 351 g/mol. The van der Waals surface area contributed by atoms with Crippen molar-refractivity contribution in [1.29, 1.82) is 0 Å². The molecule has 0 unspecified atom stereocenters. The number of alkyl halides is 3. The number of rotatable bonds is 6. The second kappa shape index (κ2) is 9.00. The summed E-state index contributed by atoms with van der Waals surface area (Å²) in [6, 6.07) is 5.16. The number of hydrogen-bond acceptors (Lipinski definition) is 4. The van der Waals surface area contributed by atoms with Gasteiger partial charge < -0.3 is 10.4 Å². The highest BCUT2D eigenvalue weighted by molar-refractivity contribution is 5.82. The van der Waals surface area contributed by atoms with E-state index in [4.69, 9.17) is 5.11 Å². The number of carboxylic acid groups (broad SMARTS) is 1. The van der Waals surface area contributed by atoms with Gasteiger partial charge in [0.25, 0.3) is 0 Å². The largest absolute Gasteiger partial charge is 0.480 e. The maximum absolute atomic E-state index is 12.6. The summed E-state index contributed by atoms with van der Waals surface area (Å²) in [5.74, 6) is -1.42. The van der Waals surface area contributed by atoms with Gasteiger partial charge in [0.05, 0.1) is 12.1 Å². The fourth-order valence-electron chi connectivity index (χ4n) is 2.83. The highest BCUT2D eigenvalue weighted by atomic mass is 19.4. The van der Waals surface area contributed by atoms with Gasteiger partial charge in [0.15, 0.2) is 0 Å². The molecule has 1 aromatic rings. The fourth-order valence-corrected chi connectivity index (χ4v) is 2.83. The summed E-state index contributed by atoms with van der Waals surface area (Å²) in [6.45, 7) is 3.12. The molecule has 1 amide bonds. The molecule has 1 saturated heterocycles. The molecule has 26 heavy (non-hydrogen) atoms. The van der Waals surface area contributed by atoms with Crippen molar-refractivity contribution in [3.63, 3.8) is 0 Å². The van der Waals surface area contributed by atoms with E-state index in [0.29, 0.717) is 26.2 Å². The van der Waals surface area contributed by atoms with E-state index in [-0.39, 0.29) is 12.5 Å². The first kappa shape index (κ1) is 20.2. The number of benzene rings is 1. The van der Waals surface area contributed by atoms with E-state index in [0.717, 1.165) is 30.7 Å². The Morgan fingerprint density at radius 2 is 1.65 bits per heavy atom. The van der Waals surface area contributed by atoms with Gasteiger partial charge in [-0.1, -0.05) is 12.1 Å². The Hall–Kier alpha value is -2.13. The van der Waals surface area contributed by atoms with Crippen molar-refractivity contribution >= 4 is 11.9 Å². The molecule has 0 saturated carbocycles. The van der Waals surface area contributed by atoms with Crippen molar-refractivity contribution in [2.24, 2.45) is 0 Å². The lowest BCUT2D eigenvalue weighted by molar-refractivity contribution is -0.138. The molecule has 1 aliphatic rings. The van der Waals surface area contributed by atoms with Crippen LogP contribution in [0.2, 0.25) is 0 Å². The van der Waals surface area contributed by atoms with Gasteiger partial charge in [-0.15, -0.1) is 0 Å². The van der Waals surface area contributed by atoms with E-state index in [1.165, 1.54) is 12.1 Å². The van der Waals surface area contributed by atoms with Crippen molar-refractivity contribution in [2.75, 3.05) is 39.3 Å². The zero-order valence-electron chi connectivity index (χ0n) is 14.3. The van der Waals surface area contributed by atoms with Gasteiger partial charge in [0.1, 0.15) is 6.54 Å². The summed E-state index contributed by atoms with van der Waals surface area (Å²) in [7, 11) is 0. The number of amides is 1. The van der Waals surface area contributed by atoms with Crippen LogP contribution in [0.1, 0.15) is 17.5 Å². The van der Waals surface area contributed by atoms with Crippen molar-refractivity contribution in [1.82, 2.24) is 15.1 Å². The lowest BCUT2D eigenvalue weighted by atomic mass is 10.1. The Balaban J connectivity index is 1.81. The average molecular weight is 373 g/mol. The van der Waals surface area contributed by atoms with Crippen LogP contribution in [-0.4, -0.2) is 66.1 Å². The molecule has 2 rings (SSSR count). The number of carboxylic acids is 1. The fraction of sp³-hybridized carbons (Fsp3) is 0.529. The highest BCUT2D eigenvalue weighted by Gasteiger charge is 2.30. The van der Waals surface area contributed by atoms with Gasteiger partial charge in [-0.25, -0.2) is 0 Å². The van der Waals surface area contributed by atoms with Crippen LogP contribution in [-0.2, 0) is 22.3 Å². The summed E-state index contributed by atoms with van der Waals surface area (Å²) in [6.07, 6.45) is -3.50. The van der Waals surface area contributed by atoms with Gasteiger partial charge in [0.2, 0.25) is 5.91 Å². The van der Waals surface area contributed by atoms with Crippen LogP contribution in [0.4, 0.5) is 13.2 Å². The minimum absolute atomic E-state index is 0.140. The molecule has 1 fully saturated rings. The smallest absolute Gasteiger partial charge is 0.416 e. The van der Waals surface area contributed by atoms with Gasteiger partial charge in [-0.2, -0.15) is 13.2 Å². The van der Waals surface area contributed by atoms with Gasteiger partial charge in [-0.3, -0.25) is 19.4 Å². The summed E-state index contributed by atoms with van der Waals surface area (Å²) in [5, 5.41) is 10.9. The molecule has 0 atom stereocenters. The van der Waals surface area contributed by atoms with Crippen LogP contribution in [0.25, 0.3) is 0 Å². The first-order valence-corrected chi connectivity index (χ1v) is 8.33. The molecule has 144 valence electrons. The molecule has 9 heteroatoms. The van der Waals surface area contributed by atoms with Crippen LogP contribution in [0.3, 0.4) is 0 Å². The normalized spacial score (nSPS) is 16.9. The van der Waals surface area contributed by atoms with Gasteiger partial charge in [0, 0.05) is 19.6 Å². The second-order valence-electron chi connectivity index (χ2n) is 6.27. The maximum Gasteiger partial charge on any atom is 0.416 e. The number of nitrogens with one attached hydrogen (secondary N) is 1. The lowest BCUT2D eigenvalue weighted by Crippen LogP contribution is -2.40. The summed E-state index contributed by atoms with van der Waals surface area (Å²) in [4.78, 5) is 26.2. The maximum atomic E-state index is 12.6. The predicted molar refractivity (Wildman–Crippen MR) is 88.4 cm³/mol. The molecule has 0 aliphatic carbocycles. The second-order valence-corrected chi connectivity index (χ2v) is 6.27. The van der Waals surface area contributed by atoms with E-state index in [1.54, 1.807) is 0 Å². The number of aliphatic carboxylic acids is 1. The predicted octanol–water partition coefficient (Wildman–Crippen LogP) is 1.41. The Labute approximate surface area is 149 Å². The molecule has 2 N–H and O–H groups in total. The van der Waals surface area contributed by atoms with Crippen LogP contribution in [0, 0.1) is 0 Å². The van der Waals surface area contributed by atoms with Crippen molar-refractivity contribution in [2.45, 2.75) is 19.1 Å². The van der Waals surface area contributed by atoms with Gasteiger partial charge in [-0.05, 0) is 37.2 Å². The van der Waals surface area contributed by atoms with Gasteiger partial charge >= 0.3 is 12.1 Å². The standard InChI is InChI=1S/C17H22F3N3O3/c18-17(19,20)14-4-2-13(3-5-14)11-22-6-1-7-23(9-8-22)12-15(24)21-10-16(25)26/h2-5H,1,6-12H2,(H,21,24)(H,25,26). The first-order valence-electron chi connectivity index (χ1n) is 8.33. The molecule has 0 radical (unpaired) electrons. The Morgan fingerprint density at radius 1 is 1.04 bits per heavy atom. The van der Waals surface area contributed by atoms with E-state index in [9.17, 15) is 22.8 Å². The number of halogens is 3. The topological polar surface area (TPSA) is 72.9 Å². The number of carbonyl (C=O) groups is 2. The van der Waals surface area contributed by atoms with Crippen LogP contribution in [0.5, 0.6) is 0 Å². The number of hydrogen-bond donors (Lipinski definition) is 2. The van der Waals surface area contributed by atoms with Crippen molar-refractivity contribution in [3.8, 4) is 0 Å². The van der Waals surface area contributed by atoms with E-state index >= 15 is 0 Å². The Bertz CT molecular complexity index is 620. The van der Waals surface area contributed by atoms with Crippen LogP contribution >= 0.6 is 0 Å². The monoisotopic (exact) mass is 373 g/mol. The molecule has 1 aliphatic heterocycles.